The Morgan fingerprint density at radius 1 is 1.14 bits per heavy atom. The third-order valence-electron chi connectivity index (χ3n) is 5.26. The number of aryl methyl sites for hydroxylation is 2. The molecular weight excluding hydrogens is 392 g/mol. The molecule has 1 fully saturated rings. The predicted octanol–water partition coefficient (Wildman–Crippen LogP) is 1.53. The fourth-order valence-electron chi connectivity index (χ4n) is 3.87. The van der Waals surface area contributed by atoms with Crippen molar-refractivity contribution in [2.24, 2.45) is 0 Å². The molecule has 1 aliphatic heterocycles. The summed E-state index contributed by atoms with van der Waals surface area (Å²) in [6.45, 7) is 5.90. The van der Waals surface area contributed by atoms with Crippen LogP contribution in [0.1, 0.15) is 37.1 Å². The van der Waals surface area contributed by atoms with Gasteiger partial charge < -0.3 is 4.90 Å². The van der Waals surface area contributed by atoms with E-state index in [4.69, 9.17) is 0 Å². The first-order valence-electron chi connectivity index (χ1n) is 9.90. The minimum atomic E-state index is -3.64. The number of H-pyrrole nitrogens is 1. The molecule has 0 bridgehead atoms. The van der Waals surface area contributed by atoms with Gasteiger partial charge in [-0.2, -0.15) is 10.2 Å². The Balaban J connectivity index is 1.50. The van der Waals surface area contributed by atoms with Crippen molar-refractivity contribution in [2.45, 2.75) is 51.0 Å². The Morgan fingerprint density at radius 2 is 1.90 bits per heavy atom. The first-order chi connectivity index (χ1) is 14.0. The maximum atomic E-state index is 12.6. The van der Waals surface area contributed by atoms with Crippen LogP contribution in [-0.4, -0.2) is 58.0 Å². The van der Waals surface area contributed by atoms with Gasteiger partial charge in [0.15, 0.2) is 5.65 Å². The molecule has 11 heteroatoms. The number of fused-ring (bicyclic) bond motifs is 1. The zero-order chi connectivity index (χ0) is 20.4. The van der Waals surface area contributed by atoms with E-state index in [2.05, 4.69) is 34.9 Å². The molecule has 0 amide bonds. The van der Waals surface area contributed by atoms with Crippen LogP contribution in [-0.2, 0) is 16.6 Å². The molecule has 0 radical (unpaired) electrons. The van der Waals surface area contributed by atoms with E-state index in [1.54, 1.807) is 31.1 Å². The Bertz CT molecular complexity index is 1080. The molecule has 0 atom stereocenters. The van der Waals surface area contributed by atoms with E-state index in [0.717, 1.165) is 37.1 Å². The number of hydrogen-bond acceptors (Lipinski definition) is 7. The van der Waals surface area contributed by atoms with Crippen LogP contribution >= 0.6 is 0 Å². The van der Waals surface area contributed by atoms with Crippen molar-refractivity contribution in [1.82, 2.24) is 34.7 Å². The number of anilines is 1. The van der Waals surface area contributed by atoms with E-state index in [1.165, 1.54) is 12.8 Å². The van der Waals surface area contributed by atoms with Crippen LogP contribution in [0.15, 0.2) is 17.4 Å². The molecule has 156 valence electrons. The highest BCUT2D eigenvalue weighted by molar-refractivity contribution is 7.89. The van der Waals surface area contributed by atoms with Crippen molar-refractivity contribution in [3.8, 4) is 0 Å². The first-order valence-corrected chi connectivity index (χ1v) is 11.4. The molecule has 4 heterocycles. The molecule has 10 nitrogen and oxygen atoms in total. The standard InChI is InChI=1S/C18H26N8O2S/c1-13-16(14(2)24-23-13)29(27,28)22-7-10-26-18-15(11-21-26)17(19-12-20-18)25-8-5-3-4-6-9-25/h11-12,22H,3-10H2,1-2H3,(H,23,24). The molecule has 0 spiro atoms. The van der Waals surface area contributed by atoms with Crippen LogP contribution in [0.5, 0.6) is 0 Å². The molecule has 0 aromatic carbocycles. The molecule has 4 rings (SSSR count). The Morgan fingerprint density at radius 3 is 2.59 bits per heavy atom. The van der Waals surface area contributed by atoms with Gasteiger partial charge >= 0.3 is 0 Å². The van der Waals surface area contributed by atoms with Crippen molar-refractivity contribution < 1.29 is 8.42 Å². The van der Waals surface area contributed by atoms with Crippen LogP contribution in [0.4, 0.5) is 5.82 Å². The topological polar surface area (TPSA) is 122 Å². The predicted molar refractivity (Wildman–Crippen MR) is 109 cm³/mol. The second-order valence-electron chi connectivity index (χ2n) is 7.36. The smallest absolute Gasteiger partial charge is 0.244 e. The van der Waals surface area contributed by atoms with Gasteiger partial charge in [-0.25, -0.2) is 27.8 Å². The molecule has 3 aromatic heterocycles. The minimum Gasteiger partial charge on any atom is -0.356 e. The summed E-state index contributed by atoms with van der Waals surface area (Å²) >= 11 is 0. The van der Waals surface area contributed by atoms with Crippen molar-refractivity contribution in [3.63, 3.8) is 0 Å². The lowest BCUT2D eigenvalue weighted by atomic mass is 10.2. The lowest BCUT2D eigenvalue weighted by Crippen LogP contribution is -2.28. The van der Waals surface area contributed by atoms with Gasteiger partial charge in [0.25, 0.3) is 0 Å². The molecule has 0 saturated carbocycles. The Labute approximate surface area is 169 Å². The zero-order valence-electron chi connectivity index (χ0n) is 16.7. The van der Waals surface area contributed by atoms with E-state index in [-0.39, 0.29) is 11.4 Å². The van der Waals surface area contributed by atoms with E-state index in [0.29, 0.717) is 23.6 Å². The van der Waals surface area contributed by atoms with Crippen molar-refractivity contribution in [2.75, 3.05) is 24.5 Å². The Kier molecular flexibility index (Phi) is 5.50. The summed E-state index contributed by atoms with van der Waals surface area (Å²) in [5.74, 6) is 0.911. The number of hydrogen-bond donors (Lipinski definition) is 2. The normalized spacial score (nSPS) is 15.7. The number of nitrogens with one attached hydrogen (secondary N) is 2. The average Bonchev–Trinajstić information content (AvgIpc) is 3.13. The maximum absolute atomic E-state index is 12.6. The fraction of sp³-hybridized carbons (Fsp3) is 0.556. The van der Waals surface area contributed by atoms with Crippen LogP contribution < -0.4 is 9.62 Å². The fourth-order valence-corrected chi connectivity index (χ4v) is 5.26. The molecule has 29 heavy (non-hydrogen) atoms. The third kappa shape index (κ3) is 3.97. The summed E-state index contributed by atoms with van der Waals surface area (Å²) in [7, 11) is -3.64. The molecule has 2 N–H and O–H groups in total. The van der Waals surface area contributed by atoms with E-state index in [1.807, 2.05) is 0 Å². The number of aromatic amines is 1. The van der Waals surface area contributed by atoms with Crippen molar-refractivity contribution in [1.29, 1.82) is 0 Å². The average molecular weight is 419 g/mol. The van der Waals surface area contributed by atoms with Gasteiger partial charge in [0.1, 0.15) is 17.0 Å². The second-order valence-corrected chi connectivity index (χ2v) is 9.07. The number of nitrogens with zero attached hydrogens (tertiary/aromatic N) is 6. The first kappa shape index (κ1) is 19.8. The SMILES string of the molecule is Cc1n[nH]c(C)c1S(=O)(=O)NCCn1ncc2c(N3CCCCCC3)ncnc21. The Hall–Kier alpha value is -2.53. The molecule has 0 unspecified atom stereocenters. The minimum absolute atomic E-state index is 0.201. The second kappa shape index (κ2) is 8.07. The van der Waals surface area contributed by atoms with Crippen LogP contribution in [0, 0.1) is 13.8 Å². The molecule has 0 aliphatic carbocycles. The zero-order valence-corrected chi connectivity index (χ0v) is 17.5. The van der Waals surface area contributed by atoms with Crippen LogP contribution in [0.2, 0.25) is 0 Å². The summed E-state index contributed by atoms with van der Waals surface area (Å²) in [6.07, 6.45) is 8.15. The van der Waals surface area contributed by atoms with Crippen molar-refractivity contribution >= 4 is 26.9 Å². The monoisotopic (exact) mass is 418 g/mol. The molecule has 3 aromatic rings. The van der Waals surface area contributed by atoms with Gasteiger partial charge in [-0.05, 0) is 26.7 Å². The van der Waals surface area contributed by atoms with Gasteiger partial charge in [-0.1, -0.05) is 12.8 Å². The van der Waals surface area contributed by atoms with Crippen molar-refractivity contribution in [3.05, 3.63) is 23.9 Å². The molecule has 1 saturated heterocycles. The number of sulfonamides is 1. The lowest BCUT2D eigenvalue weighted by Gasteiger charge is -2.21. The van der Waals surface area contributed by atoms with Crippen LogP contribution in [0.3, 0.4) is 0 Å². The number of aromatic nitrogens is 6. The van der Waals surface area contributed by atoms with E-state index >= 15 is 0 Å². The highest BCUT2D eigenvalue weighted by Gasteiger charge is 2.22. The summed E-state index contributed by atoms with van der Waals surface area (Å²) in [4.78, 5) is 11.4. The summed E-state index contributed by atoms with van der Waals surface area (Å²) in [5, 5.41) is 12.0. The van der Waals surface area contributed by atoms with Gasteiger partial charge in [0, 0.05) is 19.6 Å². The summed E-state index contributed by atoms with van der Waals surface area (Å²) in [6, 6.07) is 0. The highest BCUT2D eigenvalue weighted by atomic mass is 32.2. The molecule has 1 aliphatic rings. The van der Waals surface area contributed by atoms with Gasteiger partial charge in [-0.15, -0.1) is 0 Å². The lowest BCUT2D eigenvalue weighted by molar-refractivity contribution is 0.563. The van der Waals surface area contributed by atoms with Gasteiger partial charge in [-0.3, -0.25) is 5.10 Å². The van der Waals surface area contributed by atoms with Gasteiger partial charge in [0.2, 0.25) is 10.0 Å². The van der Waals surface area contributed by atoms with E-state index < -0.39 is 10.0 Å². The van der Waals surface area contributed by atoms with E-state index in [9.17, 15) is 8.42 Å². The summed E-state index contributed by atoms with van der Waals surface area (Å²) in [5.41, 5.74) is 1.69. The third-order valence-corrected chi connectivity index (χ3v) is 6.99. The van der Waals surface area contributed by atoms with Crippen LogP contribution in [0.25, 0.3) is 11.0 Å². The quantitative estimate of drug-likeness (QED) is 0.622. The highest BCUT2D eigenvalue weighted by Crippen LogP contribution is 2.25. The molecular formula is C18H26N8O2S. The largest absolute Gasteiger partial charge is 0.356 e. The summed E-state index contributed by atoms with van der Waals surface area (Å²) < 4.78 is 29.5. The van der Waals surface area contributed by atoms with Gasteiger partial charge in [0.05, 0.1) is 29.5 Å². The maximum Gasteiger partial charge on any atom is 0.244 e. The number of rotatable bonds is 6.